The van der Waals surface area contributed by atoms with Gasteiger partial charge in [0.2, 0.25) is 0 Å². The van der Waals surface area contributed by atoms with Gasteiger partial charge >= 0.3 is 18.0 Å². The molecule has 0 rings (SSSR count). The van der Waals surface area contributed by atoms with Gasteiger partial charge in [0, 0.05) is 0 Å². The number of alkyl carbamates (subject to hydrolysis) is 1. The number of hydrogen-bond acceptors (Lipinski definition) is 5. The largest absolute Gasteiger partial charge is 0.480 e. The van der Waals surface area contributed by atoms with Crippen LogP contribution in [-0.4, -0.2) is 46.9 Å². The maximum absolute atomic E-state index is 11.1. The quantitative estimate of drug-likeness (QED) is 0.467. The second kappa shape index (κ2) is 13.4. The van der Waals surface area contributed by atoms with E-state index in [1.165, 1.54) is 6.08 Å². The van der Waals surface area contributed by atoms with Crippen LogP contribution in [-0.2, 0) is 14.3 Å². The van der Waals surface area contributed by atoms with Crippen LogP contribution in [0.15, 0.2) is 12.7 Å². The number of carboxylic acids is 2. The Hall–Kier alpha value is -2.09. The van der Waals surface area contributed by atoms with Gasteiger partial charge in [-0.05, 0) is 11.8 Å². The van der Waals surface area contributed by atoms with Gasteiger partial charge in [0.25, 0.3) is 0 Å². The Labute approximate surface area is 143 Å². The maximum atomic E-state index is 11.1. The highest BCUT2D eigenvalue weighted by Gasteiger charge is 2.25. The summed E-state index contributed by atoms with van der Waals surface area (Å²) in [6.45, 7) is 10.8. The fraction of sp³-hybridized carbons (Fsp3) is 0.688. The molecular weight excluding hydrogens is 316 g/mol. The van der Waals surface area contributed by atoms with E-state index in [1.807, 2.05) is 20.8 Å². The monoisotopic (exact) mass is 346 g/mol. The van der Waals surface area contributed by atoms with Gasteiger partial charge in [-0.3, -0.25) is 4.79 Å². The molecule has 8 heteroatoms. The van der Waals surface area contributed by atoms with Gasteiger partial charge < -0.3 is 26.0 Å². The molecule has 8 nitrogen and oxygen atoms in total. The van der Waals surface area contributed by atoms with Crippen molar-refractivity contribution < 1.29 is 29.3 Å². The van der Waals surface area contributed by atoms with Crippen molar-refractivity contribution in [1.29, 1.82) is 0 Å². The number of hydrogen-bond donors (Lipinski definition) is 4. The topological polar surface area (TPSA) is 139 Å². The van der Waals surface area contributed by atoms with Crippen molar-refractivity contribution in [2.75, 3.05) is 6.61 Å². The number of nitrogens with one attached hydrogen (secondary N) is 1. The van der Waals surface area contributed by atoms with Crippen molar-refractivity contribution in [3.05, 3.63) is 12.7 Å². The van der Waals surface area contributed by atoms with E-state index in [4.69, 9.17) is 15.9 Å². The van der Waals surface area contributed by atoms with E-state index in [-0.39, 0.29) is 18.4 Å². The molecule has 0 aliphatic heterocycles. The van der Waals surface area contributed by atoms with Crippen LogP contribution in [0.2, 0.25) is 0 Å². The molecule has 4 unspecified atom stereocenters. The molecule has 0 saturated carbocycles. The molecule has 0 radical (unpaired) electrons. The lowest BCUT2D eigenvalue weighted by atomic mass is 10.00. The third-order valence-corrected chi connectivity index (χ3v) is 3.63. The van der Waals surface area contributed by atoms with Gasteiger partial charge in [-0.1, -0.05) is 53.2 Å². The number of aliphatic carboxylic acids is 2. The van der Waals surface area contributed by atoms with Crippen LogP contribution in [0.4, 0.5) is 4.79 Å². The molecule has 24 heavy (non-hydrogen) atoms. The molecule has 0 aliphatic carbocycles. The molecule has 0 aromatic rings. The van der Waals surface area contributed by atoms with Gasteiger partial charge in [-0.15, -0.1) is 0 Å². The van der Waals surface area contributed by atoms with E-state index < -0.39 is 30.1 Å². The Bertz CT molecular complexity index is 413. The van der Waals surface area contributed by atoms with Crippen LogP contribution in [0, 0.1) is 11.8 Å². The van der Waals surface area contributed by atoms with Gasteiger partial charge in [-0.2, -0.15) is 0 Å². The normalized spacial score (nSPS) is 14.9. The van der Waals surface area contributed by atoms with E-state index in [2.05, 4.69) is 16.6 Å². The molecule has 140 valence electrons. The molecule has 0 aromatic heterocycles. The number of nitrogens with two attached hydrogens (primary N) is 1. The SMILES string of the molecule is C=CCOC(=O)NC(C(=O)O)C(C)CC.CCC(C)C(N)C(=O)O. The van der Waals surface area contributed by atoms with Crippen LogP contribution in [0.3, 0.4) is 0 Å². The Morgan fingerprint density at radius 2 is 1.62 bits per heavy atom. The fourth-order valence-corrected chi connectivity index (χ4v) is 1.48. The second-order valence-corrected chi connectivity index (χ2v) is 5.48. The minimum absolute atomic E-state index is 0.0681. The smallest absolute Gasteiger partial charge is 0.408 e. The van der Waals surface area contributed by atoms with Crippen LogP contribution in [0.25, 0.3) is 0 Å². The molecule has 0 saturated heterocycles. The van der Waals surface area contributed by atoms with Crippen molar-refractivity contribution in [1.82, 2.24) is 5.32 Å². The average molecular weight is 346 g/mol. The summed E-state index contributed by atoms with van der Waals surface area (Å²) < 4.78 is 4.64. The highest BCUT2D eigenvalue weighted by molar-refractivity contribution is 5.80. The third-order valence-electron chi connectivity index (χ3n) is 3.63. The first-order chi connectivity index (χ1) is 11.1. The number of rotatable bonds is 9. The molecular formula is C16H30N2O6. The molecule has 0 aliphatic rings. The lowest BCUT2D eigenvalue weighted by molar-refractivity contribution is -0.141. The summed E-state index contributed by atoms with van der Waals surface area (Å²) in [5.74, 6) is -2.04. The Balaban J connectivity index is 0. The van der Waals surface area contributed by atoms with Crippen LogP contribution >= 0.6 is 0 Å². The van der Waals surface area contributed by atoms with E-state index in [0.29, 0.717) is 6.42 Å². The predicted molar refractivity (Wildman–Crippen MR) is 90.6 cm³/mol. The van der Waals surface area contributed by atoms with Gasteiger partial charge in [0.1, 0.15) is 18.7 Å². The highest BCUT2D eigenvalue weighted by atomic mass is 16.5. The first-order valence-corrected chi connectivity index (χ1v) is 7.87. The van der Waals surface area contributed by atoms with Gasteiger partial charge in [0.15, 0.2) is 0 Å². The van der Waals surface area contributed by atoms with Crippen molar-refractivity contribution in [3.63, 3.8) is 0 Å². The average Bonchev–Trinajstić information content (AvgIpc) is 2.55. The van der Waals surface area contributed by atoms with E-state index in [1.54, 1.807) is 6.92 Å². The minimum atomic E-state index is -1.06. The summed E-state index contributed by atoms with van der Waals surface area (Å²) in [7, 11) is 0. The van der Waals surface area contributed by atoms with Crippen LogP contribution in [0.5, 0.6) is 0 Å². The standard InChI is InChI=1S/C10H17NO4.C6H13NO2/c1-4-6-15-10(14)11-8(9(12)13)7(3)5-2;1-3-4(2)5(7)6(8)9/h4,7-8H,1,5-6H2,2-3H3,(H,11,14)(H,12,13);4-5H,3,7H2,1-2H3,(H,8,9). The molecule has 0 heterocycles. The fourth-order valence-electron chi connectivity index (χ4n) is 1.48. The second-order valence-electron chi connectivity index (χ2n) is 5.48. The maximum Gasteiger partial charge on any atom is 0.408 e. The Kier molecular flexibility index (Phi) is 13.5. The molecule has 0 bridgehead atoms. The van der Waals surface area contributed by atoms with Crippen LogP contribution < -0.4 is 11.1 Å². The lowest BCUT2D eigenvalue weighted by Crippen LogP contribution is -2.45. The molecule has 4 atom stereocenters. The van der Waals surface area contributed by atoms with Crippen LogP contribution in [0.1, 0.15) is 40.5 Å². The van der Waals surface area contributed by atoms with Crippen molar-refractivity contribution in [2.24, 2.45) is 17.6 Å². The number of ether oxygens (including phenoxy) is 1. The zero-order valence-corrected chi connectivity index (χ0v) is 14.8. The molecule has 1 amide bonds. The Morgan fingerprint density at radius 1 is 1.12 bits per heavy atom. The zero-order valence-electron chi connectivity index (χ0n) is 14.8. The highest BCUT2D eigenvalue weighted by Crippen LogP contribution is 2.08. The van der Waals surface area contributed by atoms with Crippen molar-refractivity contribution in [3.8, 4) is 0 Å². The van der Waals surface area contributed by atoms with E-state index in [0.717, 1.165) is 6.42 Å². The summed E-state index contributed by atoms with van der Waals surface area (Å²) in [6, 6.07) is -1.61. The number of amides is 1. The van der Waals surface area contributed by atoms with E-state index >= 15 is 0 Å². The minimum Gasteiger partial charge on any atom is -0.480 e. The number of carbonyl (C=O) groups is 3. The molecule has 0 spiro atoms. The molecule has 0 aromatic carbocycles. The summed E-state index contributed by atoms with van der Waals surface area (Å²) in [5.41, 5.74) is 5.27. The molecule has 0 fully saturated rings. The first-order valence-electron chi connectivity index (χ1n) is 7.87. The van der Waals surface area contributed by atoms with Crippen molar-refractivity contribution in [2.45, 2.75) is 52.6 Å². The third kappa shape index (κ3) is 10.6. The first kappa shape index (κ1) is 24.2. The van der Waals surface area contributed by atoms with Crippen molar-refractivity contribution >= 4 is 18.0 Å². The Morgan fingerprint density at radius 3 is 1.92 bits per heavy atom. The number of carboxylic acid groups (broad SMARTS) is 2. The lowest BCUT2D eigenvalue weighted by Gasteiger charge is -2.19. The van der Waals surface area contributed by atoms with Gasteiger partial charge in [0.05, 0.1) is 0 Å². The predicted octanol–water partition coefficient (Wildman–Crippen LogP) is 1.84. The summed E-state index contributed by atoms with van der Waals surface area (Å²) in [6.07, 6.45) is 2.16. The zero-order chi connectivity index (χ0) is 19.3. The van der Waals surface area contributed by atoms with E-state index in [9.17, 15) is 14.4 Å². The summed E-state index contributed by atoms with van der Waals surface area (Å²) in [5, 5.41) is 19.5. The summed E-state index contributed by atoms with van der Waals surface area (Å²) >= 11 is 0. The van der Waals surface area contributed by atoms with Gasteiger partial charge in [-0.25, -0.2) is 9.59 Å². The number of carbonyl (C=O) groups excluding carboxylic acids is 1. The molecule has 5 N–H and O–H groups in total. The summed E-state index contributed by atoms with van der Waals surface area (Å²) in [4.78, 5) is 32.1.